The van der Waals surface area contributed by atoms with E-state index in [1.807, 2.05) is 6.07 Å². The summed E-state index contributed by atoms with van der Waals surface area (Å²) in [5.74, 6) is 0.570. The minimum absolute atomic E-state index is 0.199. The molecule has 0 unspecified atom stereocenters. The van der Waals surface area contributed by atoms with Crippen LogP contribution < -0.4 is 10.5 Å². The molecule has 1 fully saturated rings. The van der Waals surface area contributed by atoms with Gasteiger partial charge in [0.1, 0.15) is 12.2 Å². The summed E-state index contributed by atoms with van der Waals surface area (Å²) in [6, 6.07) is 5.69. The van der Waals surface area contributed by atoms with Crippen LogP contribution in [0.25, 0.3) is 0 Å². The largest absolute Gasteiger partial charge is 0.474 e. The van der Waals surface area contributed by atoms with Crippen molar-refractivity contribution < 1.29 is 4.74 Å². The quantitative estimate of drug-likeness (QED) is 0.747. The highest BCUT2D eigenvalue weighted by Gasteiger charge is 2.27. The first-order chi connectivity index (χ1) is 6.78. The molecule has 72 valence electrons. The summed E-state index contributed by atoms with van der Waals surface area (Å²) < 4.78 is 5.52. The molecule has 1 heterocycles. The number of hydrogen-bond acceptors (Lipinski definition) is 4. The van der Waals surface area contributed by atoms with E-state index in [9.17, 15) is 0 Å². The second-order valence-corrected chi connectivity index (χ2v) is 3.47. The highest BCUT2D eigenvalue weighted by Crippen LogP contribution is 2.23. The lowest BCUT2D eigenvalue weighted by Crippen LogP contribution is -2.43. The van der Waals surface area contributed by atoms with Crippen molar-refractivity contribution in [1.82, 2.24) is 4.98 Å². The highest BCUT2D eigenvalue weighted by molar-refractivity contribution is 5.28. The highest BCUT2D eigenvalue weighted by atomic mass is 16.5. The van der Waals surface area contributed by atoms with Crippen LogP contribution in [0.4, 0.5) is 0 Å². The lowest BCUT2D eigenvalue weighted by atomic mass is 9.90. The third kappa shape index (κ3) is 1.83. The minimum Gasteiger partial charge on any atom is -0.474 e. The molecule has 1 aromatic heterocycles. The van der Waals surface area contributed by atoms with E-state index in [1.165, 1.54) is 6.20 Å². The summed E-state index contributed by atoms with van der Waals surface area (Å²) >= 11 is 0. The molecule has 4 heteroatoms. The second kappa shape index (κ2) is 3.64. The van der Waals surface area contributed by atoms with Crippen molar-refractivity contribution in [2.24, 2.45) is 5.73 Å². The van der Waals surface area contributed by atoms with E-state index in [0.717, 1.165) is 12.8 Å². The molecule has 0 atom stereocenters. The Labute approximate surface area is 82.3 Å². The molecule has 14 heavy (non-hydrogen) atoms. The molecule has 0 aromatic carbocycles. The molecule has 1 aliphatic rings. The van der Waals surface area contributed by atoms with Crippen LogP contribution in [0.5, 0.6) is 5.88 Å². The second-order valence-electron chi connectivity index (χ2n) is 3.47. The fraction of sp³-hybridized carbons (Fsp3) is 0.400. The molecule has 2 rings (SSSR count). The summed E-state index contributed by atoms with van der Waals surface area (Å²) in [7, 11) is 0. The summed E-state index contributed by atoms with van der Waals surface area (Å²) in [6.45, 7) is 0. The Hall–Kier alpha value is -1.60. The lowest BCUT2D eigenvalue weighted by Gasteiger charge is -2.31. The van der Waals surface area contributed by atoms with Crippen molar-refractivity contribution in [2.45, 2.75) is 25.0 Å². The van der Waals surface area contributed by atoms with Gasteiger partial charge < -0.3 is 10.5 Å². The van der Waals surface area contributed by atoms with Gasteiger partial charge in [-0.15, -0.1) is 0 Å². The Morgan fingerprint density at radius 2 is 2.29 bits per heavy atom. The molecule has 0 aliphatic heterocycles. The van der Waals surface area contributed by atoms with Gasteiger partial charge in [-0.1, -0.05) is 0 Å². The Morgan fingerprint density at radius 3 is 2.79 bits per heavy atom. The molecule has 0 bridgehead atoms. The SMILES string of the molecule is N#Cc1ccc(OC2CC(N)C2)nc1. The standard InChI is InChI=1S/C10H11N3O/c11-5-7-1-2-10(13-6-7)14-9-3-8(12)4-9/h1-2,6,8-9H,3-4,12H2. The van der Waals surface area contributed by atoms with Crippen molar-refractivity contribution in [1.29, 1.82) is 5.26 Å². The fourth-order valence-corrected chi connectivity index (χ4v) is 1.39. The first-order valence-corrected chi connectivity index (χ1v) is 4.56. The van der Waals surface area contributed by atoms with Gasteiger partial charge in [-0.05, 0) is 18.9 Å². The van der Waals surface area contributed by atoms with E-state index >= 15 is 0 Å². The molecule has 1 aromatic rings. The van der Waals surface area contributed by atoms with Gasteiger partial charge in [-0.2, -0.15) is 5.26 Å². The number of aromatic nitrogens is 1. The fourth-order valence-electron chi connectivity index (χ4n) is 1.39. The first-order valence-electron chi connectivity index (χ1n) is 4.56. The number of nitrogens with two attached hydrogens (primary N) is 1. The van der Waals surface area contributed by atoms with Crippen molar-refractivity contribution in [3.8, 4) is 11.9 Å². The number of pyridine rings is 1. The molecule has 0 saturated heterocycles. The van der Waals surface area contributed by atoms with E-state index in [0.29, 0.717) is 11.4 Å². The zero-order valence-corrected chi connectivity index (χ0v) is 7.68. The first kappa shape index (κ1) is 8.97. The Balaban J connectivity index is 1.94. The zero-order valence-electron chi connectivity index (χ0n) is 7.68. The summed E-state index contributed by atoms with van der Waals surface area (Å²) in [5.41, 5.74) is 6.17. The molecular weight excluding hydrogens is 178 g/mol. The number of nitriles is 1. The third-order valence-electron chi connectivity index (χ3n) is 2.28. The maximum Gasteiger partial charge on any atom is 0.213 e. The normalized spacial score (nSPS) is 24.9. The van der Waals surface area contributed by atoms with E-state index in [-0.39, 0.29) is 12.1 Å². The maximum absolute atomic E-state index is 8.56. The van der Waals surface area contributed by atoms with Crippen molar-refractivity contribution in [2.75, 3.05) is 0 Å². The van der Waals surface area contributed by atoms with Crippen LogP contribution in [-0.4, -0.2) is 17.1 Å². The summed E-state index contributed by atoms with van der Waals surface area (Å²) in [4.78, 5) is 4.01. The molecule has 0 spiro atoms. The lowest BCUT2D eigenvalue weighted by molar-refractivity contribution is 0.0958. The van der Waals surface area contributed by atoms with Crippen LogP contribution >= 0.6 is 0 Å². The number of nitrogens with zero attached hydrogens (tertiary/aromatic N) is 2. The third-order valence-corrected chi connectivity index (χ3v) is 2.28. The van der Waals surface area contributed by atoms with Crippen LogP contribution in [0.15, 0.2) is 18.3 Å². The van der Waals surface area contributed by atoms with E-state index in [1.54, 1.807) is 12.1 Å². The number of rotatable bonds is 2. The van der Waals surface area contributed by atoms with Gasteiger partial charge in [0, 0.05) is 18.3 Å². The van der Waals surface area contributed by atoms with Crippen LogP contribution in [0.2, 0.25) is 0 Å². The van der Waals surface area contributed by atoms with Crippen LogP contribution in [-0.2, 0) is 0 Å². The molecule has 0 radical (unpaired) electrons. The van der Waals surface area contributed by atoms with Gasteiger partial charge in [0.2, 0.25) is 5.88 Å². The van der Waals surface area contributed by atoms with Crippen LogP contribution in [0.1, 0.15) is 18.4 Å². The minimum atomic E-state index is 0.199. The maximum atomic E-state index is 8.56. The van der Waals surface area contributed by atoms with Crippen molar-refractivity contribution in [3.63, 3.8) is 0 Å². The molecule has 1 saturated carbocycles. The van der Waals surface area contributed by atoms with Crippen molar-refractivity contribution in [3.05, 3.63) is 23.9 Å². The number of hydrogen-bond donors (Lipinski definition) is 1. The van der Waals surface area contributed by atoms with E-state index < -0.39 is 0 Å². The molecule has 4 nitrogen and oxygen atoms in total. The average Bonchev–Trinajstić information content (AvgIpc) is 2.17. The van der Waals surface area contributed by atoms with Gasteiger partial charge in [-0.25, -0.2) is 4.98 Å². The Kier molecular flexibility index (Phi) is 2.33. The topological polar surface area (TPSA) is 71.9 Å². The molecule has 0 amide bonds. The zero-order chi connectivity index (χ0) is 9.97. The van der Waals surface area contributed by atoms with Gasteiger partial charge in [0.05, 0.1) is 5.56 Å². The molecular formula is C10H11N3O. The van der Waals surface area contributed by atoms with Crippen LogP contribution in [0.3, 0.4) is 0 Å². The predicted molar refractivity (Wildman–Crippen MR) is 50.6 cm³/mol. The predicted octanol–water partition coefficient (Wildman–Crippen LogP) is 0.822. The molecule has 2 N–H and O–H groups in total. The summed E-state index contributed by atoms with van der Waals surface area (Å²) in [6.07, 6.45) is 3.49. The smallest absolute Gasteiger partial charge is 0.213 e. The Morgan fingerprint density at radius 1 is 1.50 bits per heavy atom. The van der Waals surface area contributed by atoms with Gasteiger partial charge in [-0.3, -0.25) is 0 Å². The van der Waals surface area contributed by atoms with Crippen LogP contribution in [0, 0.1) is 11.3 Å². The van der Waals surface area contributed by atoms with Gasteiger partial charge >= 0.3 is 0 Å². The average molecular weight is 189 g/mol. The van der Waals surface area contributed by atoms with E-state index in [4.69, 9.17) is 15.7 Å². The monoisotopic (exact) mass is 189 g/mol. The molecule has 1 aliphatic carbocycles. The number of ether oxygens (including phenoxy) is 1. The summed E-state index contributed by atoms with van der Waals surface area (Å²) in [5, 5.41) is 8.56. The van der Waals surface area contributed by atoms with Gasteiger partial charge in [0.15, 0.2) is 0 Å². The van der Waals surface area contributed by atoms with Crippen molar-refractivity contribution >= 4 is 0 Å². The van der Waals surface area contributed by atoms with E-state index in [2.05, 4.69) is 4.98 Å². The Bertz CT molecular complexity index is 349. The van der Waals surface area contributed by atoms with Gasteiger partial charge in [0.25, 0.3) is 0 Å².